The zero-order valence-corrected chi connectivity index (χ0v) is 11.2. The molecular formula is C10H16F2N2O4S. The Morgan fingerprint density at radius 3 is 2.74 bits per heavy atom. The molecule has 0 atom stereocenters. The van der Waals surface area contributed by atoms with Crippen molar-refractivity contribution in [2.24, 2.45) is 7.05 Å². The van der Waals surface area contributed by atoms with Gasteiger partial charge in [-0.2, -0.15) is 0 Å². The molecule has 0 aliphatic rings. The van der Waals surface area contributed by atoms with Crippen LogP contribution in [-0.4, -0.2) is 44.3 Å². The quantitative estimate of drug-likeness (QED) is 0.666. The summed E-state index contributed by atoms with van der Waals surface area (Å²) in [5, 5.41) is 8.97. The highest BCUT2D eigenvalue weighted by Crippen LogP contribution is 2.12. The smallest absolute Gasteiger partial charge is 0.261 e. The lowest BCUT2D eigenvalue weighted by molar-refractivity contribution is 0.0199. The fraction of sp³-hybridized carbons (Fsp3) is 0.600. The molecule has 0 saturated heterocycles. The molecular weight excluding hydrogens is 282 g/mol. The second-order valence-electron chi connectivity index (χ2n) is 3.80. The van der Waals surface area contributed by atoms with E-state index in [4.69, 9.17) is 5.11 Å². The number of rotatable bonds is 8. The van der Waals surface area contributed by atoms with Crippen molar-refractivity contribution in [3.8, 4) is 0 Å². The maximum atomic E-state index is 11.8. The summed E-state index contributed by atoms with van der Waals surface area (Å²) in [6.07, 6.45) is -1.22. The fourth-order valence-corrected chi connectivity index (χ4v) is 2.49. The Morgan fingerprint density at radius 1 is 1.53 bits per heavy atom. The van der Waals surface area contributed by atoms with Gasteiger partial charge in [0.25, 0.3) is 6.43 Å². The van der Waals surface area contributed by atoms with Crippen LogP contribution in [0.3, 0.4) is 0 Å². The Labute approximate surface area is 110 Å². The first kappa shape index (κ1) is 16.0. The van der Waals surface area contributed by atoms with Gasteiger partial charge in [-0.05, 0) is 6.07 Å². The second-order valence-corrected chi connectivity index (χ2v) is 5.57. The maximum absolute atomic E-state index is 11.8. The Morgan fingerprint density at radius 2 is 2.21 bits per heavy atom. The van der Waals surface area contributed by atoms with Gasteiger partial charge in [0.15, 0.2) is 0 Å². The number of nitrogens with zero attached hydrogens (tertiary/aromatic N) is 1. The van der Waals surface area contributed by atoms with Gasteiger partial charge in [0.1, 0.15) is 6.61 Å². The number of aromatic nitrogens is 1. The predicted octanol–water partition coefficient (Wildman–Crippen LogP) is 0.0774. The van der Waals surface area contributed by atoms with Gasteiger partial charge in [0, 0.05) is 25.5 Å². The van der Waals surface area contributed by atoms with E-state index in [0.29, 0.717) is 5.69 Å². The third-order valence-corrected chi connectivity index (χ3v) is 3.77. The molecule has 1 rings (SSSR count). The van der Waals surface area contributed by atoms with Gasteiger partial charge in [-0.25, -0.2) is 21.9 Å². The molecule has 0 spiro atoms. The molecule has 1 aromatic rings. The third-order valence-electron chi connectivity index (χ3n) is 2.34. The summed E-state index contributed by atoms with van der Waals surface area (Å²) in [4.78, 5) is 0.00732. The number of aryl methyl sites for hydroxylation is 1. The molecule has 9 heteroatoms. The van der Waals surface area contributed by atoms with Crippen molar-refractivity contribution in [1.29, 1.82) is 0 Å². The van der Waals surface area contributed by atoms with E-state index in [2.05, 4.69) is 9.46 Å². The molecule has 1 heterocycles. The average molecular weight is 298 g/mol. The molecule has 0 bridgehead atoms. The van der Waals surface area contributed by atoms with Crippen molar-refractivity contribution in [3.05, 3.63) is 18.0 Å². The minimum Gasteiger partial charge on any atom is -0.390 e. The van der Waals surface area contributed by atoms with Crippen LogP contribution >= 0.6 is 0 Å². The largest absolute Gasteiger partial charge is 0.390 e. The highest BCUT2D eigenvalue weighted by Gasteiger charge is 2.16. The first-order valence-corrected chi connectivity index (χ1v) is 6.97. The van der Waals surface area contributed by atoms with Crippen molar-refractivity contribution in [2.45, 2.75) is 17.9 Å². The molecule has 0 amide bonds. The Balaban J connectivity index is 2.51. The lowest BCUT2D eigenvalue weighted by atomic mass is 10.5. The van der Waals surface area contributed by atoms with Gasteiger partial charge in [0.05, 0.1) is 18.1 Å². The lowest BCUT2D eigenvalue weighted by Crippen LogP contribution is -2.27. The van der Waals surface area contributed by atoms with E-state index < -0.39 is 23.1 Å². The molecule has 2 N–H and O–H groups in total. The molecule has 0 radical (unpaired) electrons. The number of nitrogens with one attached hydrogen (secondary N) is 1. The monoisotopic (exact) mass is 298 g/mol. The van der Waals surface area contributed by atoms with E-state index in [-0.39, 0.29) is 24.7 Å². The number of alkyl halides is 2. The van der Waals surface area contributed by atoms with E-state index >= 15 is 0 Å². The van der Waals surface area contributed by atoms with E-state index in [1.807, 2.05) is 0 Å². The number of sulfonamides is 1. The zero-order valence-electron chi connectivity index (χ0n) is 10.3. The number of aliphatic hydroxyl groups is 1. The third kappa shape index (κ3) is 4.86. The molecule has 6 nitrogen and oxygen atoms in total. The van der Waals surface area contributed by atoms with Crippen LogP contribution in [0.25, 0.3) is 0 Å². The summed E-state index contributed by atoms with van der Waals surface area (Å²) in [5.74, 6) is 0. The highest BCUT2D eigenvalue weighted by molar-refractivity contribution is 7.89. The summed E-state index contributed by atoms with van der Waals surface area (Å²) in [5.41, 5.74) is 0.453. The Kier molecular flexibility index (Phi) is 5.85. The SMILES string of the molecule is Cn1cc(S(=O)(=O)NCCOCC(F)F)cc1CO. The Hall–Kier alpha value is -1.03. The number of hydrogen-bond donors (Lipinski definition) is 2. The van der Waals surface area contributed by atoms with Gasteiger partial charge >= 0.3 is 0 Å². The number of halogens is 2. The highest BCUT2D eigenvalue weighted by atomic mass is 32.2. The number of ether oxygens (including phenoxy) is 1. The summed E-state index contributed by atoms with van der Waals surface area (Å²) in [6, 6.07) is 1.34. The van der Waals surface area contributed by atoms with E-state index in [1.54, 1.807) is 7.05 Å². The minimum atomic E-state index is -3.72. The van der Waals surface area contributed by atoms with Gasteiger partial charge in [-0.15, -0.1) is 0 Å². The Bertz CT molecular complexity index is 502. The van der Waals surface area contributed by atoms with Crippen LogP contribution in [0, 0.1) is 0 Å². The molecule has 0 aromatic carbocycles. The van der Waals surface area contributed by atoms with Crippen molar-refractivity contribution < 1.29 is 27.0 Å². The van der Waals surface area contributed by atoms with E-state index in [1.165, 1.54) is 16.8 Å². The fourth-order valence-electron chi connectivity index (χ4n) is 1.39. The van der Waals surface area contributed by atoms with Crippen LogP contribution < -0.4 is 4.72 Å². The first-order chi connectivity index (χ1) is 8.86. The van der Waals surface area contributed by atoms with Crippen LogP contribution in [0.1, 0.15) is 5.69 Å². The average Bonchev–Trinajstić information content (AvgIpc) is 2.70. The van der Waals surface area contributed by atoms with Gasteiger partial charge < -0.3 is 14.4 Å². The van der Waals surface area contributed by atoms with Crippen LogP contribution in [-0.2, 0) is 28.4 Å². The minimum absolute atomic E-state index is 0.00732. The second kappa shape index (κ2) is 6.94. The summed E-state index contributed by atoms with van der Waals surface area (Å²) in [6.45, 7) is -1.23. The van der Waals surface area contributed by atoms with Crippen molar-refractivity contribution >= 4 is 10.0 Å². The molecule has 19 heavy (non-hydrogen) atoms. The molecule has 0 aliphatic heterocycles. The van der Waals surface area contributed by atoms with Crippen LogP contribution in [0.15, 0.2) is 17.2 Å². The van der Waals surface area contributed by atoms with Gasteiger partial charge in [0.2, 0.25) is 10.0 Å². The van der Waals surface area contributed by atoms with Crippen molar-refractivity contribution in [3.63, 3.8) is 0 Å². The molecule has 1 aromatic heterocycles. The molecule has 0 unspecified atom stereocenters. The summed E-state index contributed by atoms with van der Waals surface area (Å²) >= 11 is 0. The van der Waals surface area contributed by atoms with Crippen molar-refractivity contribution in [1.82, 2.24) is 9.29 Å². The number of hydrogen-bond acceptors (Lipinski definition) is 4. The molecule has 110 valence electrons. The van der Waals surface area contributed by atoms with E-state index in [9.17, 15) is 17.2 Å². The normalized spacial score (nSPS) is 12.3. The summed E-state index contributed by atoms with van der Waals surface area (Å²) in [7, 11) is -2.11. The van der Waals surface area contributed by atoms with E-state index in [0.717, 1.165) is 0 Å². The van der Waals surface area contributed by atoms with Crippen molar-refractivity contribution in [2.75, 3.05) is 19.8 Å². The maximum Gasteiger partial charge on any atom is 0.261 e. The number of aliphatic hydroxyl groups excluding tert-OH is 1. The van der Waals surface area contributed by atoms with Crippen LogP contribution in [0.2, 0.25) is 0 Å². The molecule has 0 saturated carbocycles. The first-order valence-electron chi connectivity index (χ1n) is 5.48. The topological polar surface area (TPSA) is 80.6 Å². The molecule has 0 aliphatic carbocycles. The van der Waals surface area contributed by atoms with Crippen LogP contribution in [0.4, 0.5) is 8.78 Å². The molecule has 0 fully saturated rings. The lowest BCUT2D eigenvalue weighted by Gasteiger charge is -2.05. The van der Waals surface area contributed by atoms with Gasteiger partial charge in [-0.3, -0.25) is 0 Å². The zero-order chi connectivity index (χ0) is 14.5. The van der Waals surface area contributed by atoms with Crippen LogP contribution in [0.5, 0.6) is 0 Å². The predicted molar refractivity (Wildman–Crippen MR) is 63.3 cm³/mol. The standard InChI is InChI=1S/C10H16F2N2O4S/c1-14-5-9(4-8(14)6-15)19(16,17)13-2-3-18-7-10(11)12/h4-5,10,13,15H,2-3,6-7H2,1H3. The summed E-state index contributed by atoms with van der Waals surface area (Å²) < 4.78 is 55.4. The van der Waals surface area contributed by atoms with Gasteiger partial charge in [-0.1, -0.05) is 0 Å².